The molecule has 3 heterocycles. The van der Waals surface area contributed by atoms with E-state index in [-0.39, 0.29) is 10.8 Å². The van der Waals surface area contributed by atoms with Crippen LogP contribution in [0.15, 0.2) is 70.0 Å². The van der Waals surface area contributed by atoms with Gasteiger partial charge in [0.1, 0.15) is 0 Å². The molecule has 3 N–H and O–H groups in total. The average Bonchev–Trinajstić information content (AvgIpc) is 3.50. The Balaban J connectivity index is 1.32. The lowest BCUT2D eigenvalue weighted by Gasteiger charge is -2.07. The summed E-state index contributed by atoms with van der Waals surface area (Å²) in [6.07, 6.45) is 5.13. The Bertz CT molecular complexity index is 1440. The van der Waals surface area contributed by atoms with E-state index in [1.54, 1.807) is 23.7 Å². The number of para-hydroxylation sites is 1. The van der Waals surface area contributed by atoms with E-state index in [2.05, 4.69) is 25.0 Å². The predicted octanol–water partition coefficient (Wildman–Crippen LogP) is 5.11. The summed E-state index contributed by atoms with van der Waals surface area (Å²) < 4.78 is 27.3. The number of aliphatic imine (C=N–C) groups is 1. The van der Waals surface area contributed by atoms with E-state index < -0.39 is 10.0 Å². The molecule has 0 saturated carbocycles. The highest BCUT2D eigenvalue weighted by Crippen LogP contribution is 2.37. The van der Waals surface area contributed by atoms with Gasteiger partial charge in [0.05, 0.1) is 15.5 Å². The first-order valence-corrected chi connectivity index (χ1v) is 12.5. The summed E-state index contributed by atoms with van der Waals surface area (Å²) in [4.78, 5) is 13.2. The third kappa shape index (κ3) is 4.13. The lowest BCUT2D eigenvalue weighted by molar-refractivity contribution is 0.457. The van der Waals surface area contributed by atoms with Gasteiger partial charge in [-0.15, -0.1) is 11.3 Å². The number of aromatic nitrogens is 2. The number of nitrogens with one attached hydrogen (secondary N) is 2. The summed E-state index contributed by atoms with van der Waals surface area (Å²) >= 11 is 2.48. The van der Waals surface area contributed by atoms with Crippen molar-refractivity contribution in [2.45, 2.75) is 4.90 Å². The van der Waals surface area contributed by atoms with Gasteiger partial charge in [-0.1, -0.05) is 29.5 Å². The van der Waals surface area contributed by atoms with Gasteiger partial charge in [-0.25, -0.2) is 13.4 Å². The van der Waals surface area contributed by atoms with E-state index in [4.69, 9.17) is 0 Å². The van der Waals surface area contributed by atoms with Crippen molar-refractivity contribution in [2.75, 3.05) is 10.0 Å². The second-order valence-corrected chi connectivity index (χ2v) is 10.3. The number of benzene rings is 2. The standard InChI is InChI=1S/C21H15N5O3S3/c27-19-18(11-13-12-23-17-4-2-1-3-16(13)17)31-21(25-19)24-14-5-7-15(8-6-14)32(28,29)26-20-22-9-10-30-20/h1-12,27H,(H,22,26)(H,24,25)/b13-11+. The van der Waals surface area contributed by atoms with Crippen LogP contribution in [-0.2, 0) is 10.0 Å². The van der Waals surface area contributed by atoms with Gasteiger partial charge in [0.2, 0.25) is 5.88 Å². The maximum atomic E-state index is 12.4. The van der Waals surface area contributed by atoms with E-state index in [1.807, 2.05) is 30.3 Å². The van der Waals surface area contributed by atoms with Crippen molar-refractivity contribution in [1.29, 1.82) is 0 Å². The van der Waals surface area contributed by atoms with Crippen molar-refractivity contribution in [3.8, 4) is 5.88 Å². The fraction of sp³-hybridized carbons (Fsp3) is 0. The van der Waals surface area contributed by atoms with Gasteiger partial charge in [0.15, 0.2) is 10.3 Å². The van der Waals surface area contributed by atoms with Gasteiger partial charge in [-0.3, -0.25) is 9.71 Å². The van der Waals surface area contributed by atoms with Gasteiger partial charge in [-0.2, -0.15) is 4.98 Å². The lowest BCUT2D eigenvalue weighted by Crippen LogP contribution is -2.12. The van der Waals surface area contributed by atoms with E-state index in [9.17, 15) is 13.5 Å². The number of hydrogen-bond donors (Lipinski definition) is 3. The predicted molar refractivity (Wildman–Crippen MR) is 129 cm³/mol. The molecule has 2 aromatic heterocycles. The minimum atomic E-state index is -3.72. The molecule has 5 rings (SSSR count). The molecule has 0 bridgehead atoms. The molecular formula is C21H15N5O3S3. The highest BCUT2D eigenvalue weighted by Gasteiger charge is 2.17. The van der Waals surface area contributed by atoms with Crippen molar-refractivity contribution >= 4 is 72.2 Å². The maximum Gasteiger partial charge on any atom is 0.263 e. The first-order chi connectivity index (χ1) is 15.5. The fourth-order valence-corrected chi connectivity index (χ4v) is 5.68. The van der Waals surface area contributed by atoms with Gasteiger partial charge >= 0.3 is 0 Å². The Morgan fingerprint density at radius 3 is 2.62 bits per heavy atom. The molecule has 0 amide bonds. The molecule has 11 heteroatoms. The number of hydrogen-bond acceptors (Lipinski definition) is 9. The molecule has 4 aromatic rings. The van der Waals surface area contributed by atoms with Gasteiger partial charge in [-0.05, 0) is 36.4 Å². The number of aromatic hydroxyl groups is 1. The van der Waals surface area contributed by atoms with E-state index >= 15 is 0 Å². The van der Waals surface area contributed by atoms with E-state index in [0.717, 1.165) is 16.8 Å². The van der Waals surface area contributed by atoms with Crippen molar-refractivity contribution in [3.05, 3.63) is 70.5 Å². The highest BCUT2D eigenvalue weighted by molar-refractivity contribution is 7.93. The molecule has 0 saturated heterocycles. The molecule has 1 aliphatic rings. The van der Waals surface area contributed by atoms with Crippen LogP contribution in [-0.4, -0.2) is 29.7 Å². The largest absolute Gasteiger partial charge is 0.492 e. The monoisotopic (exact) mass is 481 g/mol. The van der Waals surface area contributed by atoms with Gasteiger partial charge in [0.25, 0.3) is 10.0 Å². The summed E-state index contributed by atoms with van der Waals surface area (Å²) in [5.41, 5.74) is 3.42. The van der Waals surface area contributed by atoms with Crippen LogP contribution in [0.5, 0.6) is 5.88 Å². The van der Waals surface area contributed by atoms with Crippen LogP contribution in [0.25, 0.3) is 11.6 Å². The smallest absolute Gasteiger partial charge is 0.263 e. The molecule has 0 atom stereocenters. The van der Waals surface area contributed by atoms with Crippen molar-refractivity contribution in [2.24, 2.45) is 4.99 Å². The van der Waals surface area contributed by atoms with E-state index in [0.29, 0.717) is 20.8 Å². The number of rotatable bonds is 6. The van der Waals surface area contributed by atoms with Gasteiger partial charge in [0, 0.05) is 34.6 Å². The normalized spacial score (nSPS) is 13.9. The second-order valence-electron chi connectivity index (χ2n) is 6.67. The van der Waals surface area contributed by atoms with Crippen LogP contribution in [0.3, 0.4) is 0 Å². The Kier molecular flexibility index (Phi) is 5.21. The molecule has 0 unspecified atom stereocenters. The molecule has 0 radical (unpaired) electrons. The molecule has 1 aliphatic heterocycles. The number of nitrogens with zero attached hydrogens (tertiary/aromatic N) is 3. The highest BCUT2D eigenvalue weighted by atomic mass is 32.2. The van der Waals surface area contributed by atoms with Crippen molar-refractivity contribution in [3.63, 3.8) is 0 Å². The molecule has 8 nitrogen and oxygen atoms in total. The lowest BCUT2D eigenvalue weighted by atomic mass is 10.1. The number of anilines is 3. The minimum Gasteiger partial charge on any atom is -0.492 e. The Morgan fingerprint density at radius 1 is 1.03 bits per heavy atom. The van der Waals surface area contributed by atoms with Crippen LogP contribution < -0.4 is 10.0 Å². The zero-order valence-electron chi connectivity index (χ0n) is 16.3. The first kappa shape index (κ1) is 20.4. The summed E-state index contributed by atoms with van der Waals surface area (Å²) in [5, 5.41) is 15.8. The van der Waals surface area contributed by atoms with Crippen LogP contribution in [0.2, 0.25) is 0 Å². The molecule has 0 spiro atoms. The minimum absolute atomic E-state index is 0.0883. The Labute approximate surface area is 191 Å². The Morgan fingerprint density at radius 2 is 1.84 bits per heavy atom. The molecular weight excluding hydrogens is 466 g/mol. The zero-order chi connectivity index (χ0) is 22.1. The van der Waals surface area contributed by atoms with Crippen molar-refractivity contribution < 1.29 is 13.5 Å². The summed E-state index contributed by atoms with van der Waals surface area (Å²) in [6, 6.07) is 14.0. The number of sulfonamides is 1. The number of fused-ring (bicyclic) bond motifs is 1. The number of thiazole rings is 2. The van der Waals surface area contributed by atoms with E-state index in [1.165, 1.54) is 41.0 Å². The zero-order valence-corrected chi connectivity index (χ0v) is 18.7. The van der Waals surface area contributed by atoms with Crippen LogP contribution >= 0.6 is 22.7 Å². The fourth-order valence-electron chi connectivity index (χ4n) is 3.06. The van der Waals surface area contributed by atoms with Gasteiger partial charge < -0.3 is 10.4 Å². The molecule has 160 valence electrons. The third-order valence-electron chi connectivity index (χ3n) is 4.55. The number of allylic oxidation sites excluding steroid dienone is 1. The second kappa shape index (κ2) is 8.19. The van der Waals surface area contributed by atoms with Crippen LogP contribution in [0.1, 0.15) is 10.4 Å². The topological polar surface area (TPSA) is 117 Å². The molecule has 2 aromatic carbocycles. The molecule has 32 heavy (non-hydrogen) atoms. The summed E-state index contributed by atoms with van der Waals surface area (Å²) in [7, 11) is -3.72. The Hall–Kier alpha value is -3.54. The van der Waals surface area contributed by atoms with Crippen molar-refractivity contribution in [1.82, 2.24) is 9.97 Å². The SMILES string of the molecule is O=S(=O)(Nc1nccs1)c1ccc(Nc2nc(O)c(/C=C3\C=Nc4ccccc43)s2)cc1. The first-order valence-electron chi connectivity index (χ1n) is 9.32. The maximum absolute atomic E-state index is 12.4. The van der Waals surface area contributed by atoms with Crippen LogP contribution in [0.4, 0.5) is 21.6 Å². The molecule has 0 aliphatic carbocycles. The third-order valence-corrected chi connectivity index (χ3v) is 7.63. The summed E-state index contributed by atoms with van der Waals surface area (Å²) in [5.74, 6) is -0.0883. The summed E-state index contributed by atoms with van der Waals surface area (Å²) in [6.45, 7) is 0. The quantitative estimate of drug-likeness (QED) is 0.353. The molecule has 0 fully saturated rings. The van der Waals surface area contributed by atoms with Crippen LogP contribution in [0, 0.1) is 0 Å². The average molecular weight is 482 g/mol.